The highest BCUT2D eigenvalue weighted by molar-refractivity contribution is 6.04. The van der Waals surface area contributed by atoms with Crippen LogP contribution in [0.2, 0.25) is 0 Å². The van der Waals surface area contributed by atoms with Gasteiger partial charge in [-0.2, -0.15) is 0 Å². The molecule has 0 radical (unpaired) electrons. The number of carbonyl (C=O) groups is 1. The molecule has 0 fully saturated rings. The minimum absolute atomic E-state index is 0.0580. The van der Waals surface area contributed by atoms with Crippen molar-refractivity contribution in [1.29, 1.82) is 0 Å². The number of anilines is 2. The van der Waals surface area contributed by atoms with Crippen molar-refractivity contribution in [2.75, 3.05) is 31.0 Å². The predicted molar refractivity (Wildman–Crippen MR) is 114 cm³/mol. The van der Waals surface area contributed by atoms with Crippen LogP contribution >= 0.6 is 0 Å². The molecule has 10 heteroatoms. The third-order valence-corrected chi connectivity index (χ3v) is 4.99. The number of benzene rings is 1. The van der Waals surface area contributed by atoms with Crippen molar-refractivity contribution in [3.63, 3.8) is 0 Å². The van der Waals surface area contributed by atoms with Crippen LogP contribution in [0.25, 0.3) is 11.5 Å². The standard InChI is InChI=1S/C21H24FN7O2/c1-13(2)29-12-23-26-20(29)17-5-4-6-19(24-17)25-21(30)15-10-18-14(9-16(15)22)11-28(27-18)7-8-31-3/h4-6,9-10,12-13,27H,7-8,11H2,1-3H3,(H,24,25,30). The van der Waals surface area contributed by atoms with Crippen molar-refractivity contribution in [2.45, 2.75) is 26.4 Å². The normalized spacial score (nSPS) is 13.3. The van der Waals surface area contributed by atoms with Crippen LogP contribution in [0, 0.1) is 5.82 Å². The molecule has 0 atom stereocenters. The van der Waals surface area contributed by atoms with E-state index >= 15 is 0 Å². The van der Waals surface area contributed by atoms with Gasteiger partial charge in [0, 0.05) is 26.2 Å². The maximum Gasteiger partial charge on any atom is 0.259 e. The summed E-state index contributed by atoms with van der Waals surface area (Å²) in [7, 11) is 1.63. The molecular weight excluding hydrogens is 401 g/mol. The monoisotopic (exact) mass is 425 g/mol. The number of amides is 1. The summed E-state index contributed by atoms with van der Waals surface area (Å²) in [5, 5.41) is 12.7. The van der Waals surface area contributed by atoms with Gasteiger partial charge in [0.05, 0.1) is 17.9 Å². The van der Waals surface area contributed by atoms with E-state index < -0.39 is 11.7 Å². The maximum atomic E-state index is 14.6. The molecule has 31 heavy (non-hydrogen) atoms. The molecule has 0 saturated heterocycles. The maximum absolute atomic E-state index is 14.6. The molecule has 0 bridgehead atoms. The number of hydrazine groups is 1. The highest BCUT2D eigenvalue weighted by atomic mass is 19.1. The van der Waals surface area contributed by atoms with Crippen molar-refractivity contribution in [3.8, 4) is 11.5 Å². The number of aromatic nitrogens is 4. The Morgan fingerprint density at radius 2 is 2.19 bits per heavy atom. The summed E-state index contributed by atoms with van der Waals surface area (Å²) in [5.41, 5.74) is 5.17. The van der Waals surface area contributed by atoms with Crippen molar-refractivity contribution < 1.29 is 13.9 Å². The molecule has 0 spiro atoms. The fourth-order valence-corrected chi connectivity index (χ4v) is 3.39. The van der Waals surface area contributed by atoms with Gasteiger partial charge >= 0.3 is 0 Å². The molecule has 2 N–H and O–H groups in total. The minimum Gasteiger partial charge on any atom is -0.383 e. The lowest BCUT2D eigenvalue weighted by molar-refractivity contribution is 0.102. The van der Waals surface area contributed by atoms with Gasteiger partial charge < -0.3 is 20.0 Å². The lowest BCUT2D eigenvalue weighted by Crippen LogP contribution is -2.27. The summed E-state index contributed by atoms with van der Waals surface area (Å²) >= 11 is 0. The van der Waals surface area contributed by atoms with Gasteiger partial charge in [0.1, 0.15) is 23.7 Å². The van der Waals surface area contributed by atoms with Crippen LogP contribution in [0.1, 0.15) is 35.8 Å². The van der Waals surface area contributed by atoms with Gasteiger partial charge in [-0.1, -0.05) is 6.07 Å². The zero-order chi connectivity index (χ0) is 22.0. The van der Waals surface area contributed by atoms with Gasteiger partial charge in [-0.05, 0) is 43.7 Å². The number of hydrogen-bond donors (Lipinski definition) is 2. The summed E-state index contributed by atoms with van der Waals surface area (Å²) in [4.78, 5) is 17.2. The Morgan fingerprint density at radius 1 is 1.35 bits per heavy atom. The Balaban J connectivity index is 1.53. The van der Waals surface area contributed by atoms with E-state index in [0.29, 0.717) is 42.7 Å². The molecule has 3 heterocycles. The van der Waals surface area contributed by atoms with E-state index in [9.17, 15) is 9.18 Å². The molecule has 0 saturated carbocycles. The average Bonchev–Trinajstić information content (AvgIpc) is 3.38. The van der Waals surface area contributed by atoms with Crippen LogP contribution in [0.3, 0.4) is 0 Å². The van der Waals surface area contributed by atoms with Gasteiger partial charge in [-0.15, -0.1) is 10.2 Å². The molecule has 9 nitrogen and oxygen atoms in total. The van der Waals surface area contributed by atoms with Crippen LogP contribution in [0.5, 0.6) is 0 Å². The van der Waals surface area contributed by atoms with Crippen LogP contribution in [0.15, 0.2) is 36.7 Å². The van der Waals surface area contributed by atoms with E-state index in [1.807, 2.05) is 23.4 Å². The molecular formula is C21H24FN7O2. The second-order valence-corrected chi connectivity index (χ2v) is 7.53. The van der Waals surface area contributed by atoms with Crippen LogP contribution in [-0.4, -0.2) is 50.9 Å². The van der Waals surface area contributed by atoms with E-state index in [4.69, 9.17) is 4.74 Å². The lowest BCUT2D eigenvalue weighted by Gasteiger charge is -2.15. The van der Waals surface area contributed by atoms with Gasteiger partial charge in [-0.25, -0.2) is 14.4 Å². The van der Waals surface area contributed by atoms with E-state index in [0.717, 1.165) is 5.56 Å². The van der Waals surface area contributed by atoms with Gasteiger partial charge in [0.25, 0.3) is 5.91 Å². The minimum atomic E-state index is -0.581. The van der Waals surface area contributed by atoms with Crippen LogP contribution in [-0.2, 0) is 11.3 Å². The van der Waals surface area contributed by atoms with Crippen molar-refractivity contribution in [2.24, 2.45) is 0 Å². The lowest BCUT2D eigenvalue weighted by atomic mass is 10.1. The number of hydrogen-bond acceptors (Lipinski definition) is 7. The molecule has 0 unspecified atom stereocenters. The molecule has 162 valence electrons. The number of nitrogens with one attached hydrogen (secondary N) is 2. The molecule has 2 aromatic heterocycles. The number of carbonyl (C=O) groups excluding carboxylic acids is 1. The number of methoxy groups -OCH3 is 1. The number of pyridine rings is 1. The Kier molecular flexibility index (Phi) is 5.92. The van der Waals surface area contributed by atoms with Crippen LogP contribution < -0.4 is 10.7 Å². The first-order chi connectivity index (χ1) is 15.0. The molecule has 4 rings (SSSR count). The average molecular weight is 425 g/mol. The first-order valence-electron chi connectivity index (χ1n) is 9.97. The molecule has 1 amide bonds. The Labute approximate surface area is 179 Å². The second-order valence-electron chi connectivity index (χ2n) is 7.53. The topological polar surface area (TPSA) is 97.2 Å². The zero-order valence-corrected chi connectivity index (χ0v) is 17.6. The number of ether oxygens (including phenoxy) is 1. The first kappa shape index (κ1) is 20.9. The number of halogens is 1. The van der Waals surface area contributed by atoms with Crippen molar-refractivity contribution >= 4 is 17.4 Å². The third-order valence-electron chi connectivity index (χ3n) is 4.99. The van der Waals surface area contributed by atoms with Gasteiger partial charge in [-0.3, -0.25) is 4.79 Å². The number of nitrogens with zero attached hydrogens (tertiary/aromatic N) is 5. The molecule has 1 aliphatic heterocycles. The highest BCUT2D eigenvalue weighted by Crippen LogP contribution is 2.28. The SMILES string of the molecule is COCCN1Cc2cc(F)c(C(=O)Nc3cccc(-c4nncn4C(C)C)n3)cc2N1. The number of fused-ring (bicyclic) bond motifs is 1. The molecule has 1 aromatic carbocycles. The molecule has 0 aliphatic carbocycles. The summed E-state index contributed by atoms with van der Waals surface area (Å²) in [5.74, 6) is -0.264. The highest BCUT2D eigenvalue weighted by Gasteiger charge is 2.23. The van der Waals surface area contributed by atoms with E-state index in [2.05, 4.69) is 25.9 Å². The number of rotatable bonds is 7. The summed E-state index contributed by atoms with van der Waals surface area (Å²) < 4.78 is 21.6. The van der Waals surface area contributed by atoms with Crippen molar-refractivity contribution in [3.05, 3.63) is 53.6 Å². The zero-order valence-electron chi connectivity index (χ0n) is 17.6. The first-order valence-corrected chi connectivity index (χ1v) is 9.97. The largest absolute Gasteiger partial charge is 0.383 e. The second kappa shape index (κ2) is 8.78. The summed E-state index contributed by atoms with van der Waals surface area (Å²) in [6.45, 7) is 5.76. The fraction of sp³-hybridized carbons (Fsp3) is 0.333. The summed E-state index contributed by atoms with van der Waals surface area (Å²) in [6, 6.07) is 8.25. The van der Waals surface area contributed by atoms with Gasteiger partial charge in [0.15, 0.2) is 5.82 Å². The van der Waals surface area contributed by atoms with Crippen molar-refractivity contribution in [1.82, 2.24) is 24.8 Å². The van der Waals surface area contributed by atoms with Crippen LogP contribution in [0.4, 0.5) is 15.9 Å². The van der Waals surface area contributed by atoms with E-state index in [1.54, 1.807) is 31.6 Å². The Hall–Kier alpha value is -3.37. The third kappa shape index (κ3) is 4.39. The fourth-order valence-electron chi connectivity index (χ4n) is 3.39. The smallest absolute Gasteiger partial charge is 0.259 e. The molecule has 3 aromatic rings. The Bertz CT molecular complexity index is 1100. The predicted octanol–water partition coefficient (Wildman–Crippen LogP) is 3.10. The van der Waals surface area contributed by atoms with E-state index in [1.165, 1.54) is 12.1 Å². The van der Waals surface area contributed by atoms with Gasteiger partial charge in [0.2, 0.25) is 0 Å². The summed E-state index contributed by atoms with van der Waals surface area (Å²) in [6.07, 6.45) is 1.63. The molecule has 1 aliphatic rings. The van der Waals surface area contributed by atoms with E-state index in [-0.39, 0.29) is 11.6 Å². The Morgan fingerprint density at radius 3 is 2.97 bits per heavy atom. The quantitative estimate of drug-likeness (QED) is 0.600.